The van der Waals surface area contributed by atoms with Crippen LogP contribution in [0.25, 0.3) is 0 Å². The van der Waals surface area contributed by atoms with Crippen LogP contribution in [0.3, 0.4) is 0 Å². The molecular weight excluding hydrogens is 668 g/mol. The van der Waals surface area contributed by atoms with E-state index in [9.17, 15) is 65.8 Å². The van der Waals surface area contributed by atoms with E-state index >= 15 is 0 Å². The minimum Gasteiger partial charge on any atom is -0.477 e. The van der Waals surface area contributed by atoms with Gasteiger partial charge in [-0.3, -0.25) is 4.79 Å². The summed E-state index contributed by atoms with van der Waals surface area (Å²) in [6, 6.07) is -1.52. The van der Waals surface area contributed by atoms with Crippen LogP contribution < -0.4 is 11.1 Å². The molecule has 3 saturated heterocycles. The van der Waals surface area contributed by atoms with Crippen molar-refractivity contribution in [3.05, 3.63) is 0 Å². The largest absolute Gasteiger partial charge is 0.477 e. The van der Waals surface area contributed by atoms with Gasteiger partial charge in [-0.25, -0.2) is 4.79 Å². The lowest BCUT2D eigenvalue weighted by atomic mass is 9.88. The van der Waals surface area contributed by atoms with Gasteiger partial charge in [-0.05, 0) is 25.8 Å². The molecule has 3 aliphatic heterocycles. The van der Waals surface area contributed by atoms with Gasteiger partial charge in [0.1, 0.15) is 67.1 Å². The normalized spacial score (nSPS) is 41.2. The van der Waals surface area contributed by atoms with Gasteiger partial charge in [0.25, 0.3) is 5.79 Å². The molecule has 3 rings (SSSR count). The van der Waals surface area contributed by atoms with Crippen molar-refractivity contribution in [3.8, 4) is 0 Å². The molecule has 49 heavy (non-hydrogen) atoms. The molecule has 1 amide bonds. The second-order valence-electron chi connectivity index (χ2n) is 12.2. The minimum absolute atomic E-state index is 0.111. The smallest absolute Gasteiger partial charge is 0.364 e. The summed E-state index contributed by atoms with van der Waals surface area (Å²) < 4.78 is 33.4. The number of aliphatic carboxylic acids is 1. The van der Waals surface area contributed by atoms with Gasteiger partial charge in [0.05, 0.1) is 32.0 Å². The maximum Gasteiger partial charge on any atom is 0.364 e. The molecule has 0 aromatic carbocycles. The Morgan fingerprint density at radius 3 is 2.12 bits per heavy atom. The third-order valence-electron chi connectivity index (χ3n) is 8.58. The van der Waals surface area contributed by atoms with Gasteiger partial charge >= 0.3 is 5.97 Å². The molecule has 14 N–H and O–H groups in total. The zero-order chi connectivity index (χ0) is 36.6. The fourth-order valence-corrected chi connectivity index (χ4v) is 5.91. The summed E-state index contributed by atoms with van der Waals surface area (Å²) in [6.07, 6.45) is -24.4. The van der Waals surface area contributed by atoms with Crippen LogP contribution in [0.1, 0.15) is 32.6 Å². The number of nitrogens with two attached hydrogens (primary N) is 1. The predicted octanol–water partition coefficient (Wildman–Crippen LogP) is -7.07. The Balaban J connectivity index is 1.82. The van der Waals surface area contributed by atoms with E-state index < -0.39 is 136 Å². The third kappa shape index (κ3) is 9.78. The molecule has 0 aliphatic carbocycles. The second-order valence-corrected chi connectivity index (χ2v) is 12.2. The topological polar surface area (TPSA) is 350 Å². The number of aliphatic hydroxyl groups excluding tert-OH is 10. The van der Waals surface area contributed by atoms with Crippen molar-refractivity contribution in [2.75, 3.05) is 33.0 Å². The van der Waals surface area contributed by atoms with E-state index in [1.807, 2.05) is 0 Å². The second kappa shape index (κ2) is 18.7. The zero-order valence-corrected chi connectivity index (χ0v) is 26.8. The van der Waals surface area contributed by atoms with E-state index in [2.05, 4.69) is 5.32 Å². The molecule has 3 aliphatic rings. The molecule has 286 valence electrons. The van der Waals surface area contributed by atoms with Crippen LogP contribution in [-0.4, -0.2) is 199 Å². The fourth-order valence-electron chi connectivity index (χ4n) is 5.91. The SMILES string of the molecule is CC(=O)N[C@H]1[C@H]([C@H](O)[C@H](O)CO)O[C@](O[C@H]2[C@H](O)[C@@H](O)[C@H](O[C@@H]3[C@@H](O)[C@H](OCCCCCN)O[C@H](CO)[C@H]3O)O[C@@H]2CO)(C(=O)O)C[C@@H]1O. The van der Waals surface area contributed by atoms with Gasteiger partial charge in [-0.1, -0.05) is 0 Å². The molecule has 21 nitrogen and oxygen atoms in total. The first-order valence-corrected chi connectivity index (χ1v) is 15.9. The molecule has 0 aromatic rings. The lowest BCUT2D eigenvalue weighted by molar-refractivity contribution is -0.385. The van der Waals surface area contributed by atoms with E-state index in [0.717, 1.165) is 13.3 Å². The molecule has 0 unspecified atom stereocenters. The monoisotopic (exact) mass is 718 g/mol. The maximum atomic E-state index is 12.6. The van der Waals surface area contributed by atoms with Gasteiger partial charge in [-0.2, -0.15) is 0 Å². The lowest BCUT2D eigenvalue weighted by Gasteiger charge is -2.50. The number of carbonyl (C=O) groups is 2. The molecule has 0 bridgehead atoms. The summed E-state index contributed by atoms with van der Waals surface area (Å²) >= 11 is 0. The standard InChI is InChI=1S/C28H50N2O19/c1-11(34)30-16-12(35)7-28(27(42)43,49-23(16)17(37)13(36)8-31)48-22-15(10-33)46-26(20(40)19(22)39)47-24-18(38)14(9-32)45-25(21(24)41)44-6-4-2-3-5-29/h12-26,31-33,35-41H,2-10,29H2,1H3,(H,30,34)(H,42,43)/t12-,13+,14+,15+,16+,17+,18+,19+,20+,21+,22+,23+,24-,25+,26-,28-/m0/s1. The summed E-state index contributed by atoms with van der Waals surface area (Å²) in [4.78, 5) is 24.4. The number of rotatable bonds is 17. The minimum atomic E-state index is -2.97. The van der Waals surface area contributed by atoms with Crippen molar-refractivity contribution in [1.29, 1.82) is 0 Å². The van der Waals surface area contributed by atoms with Crippen molar-refractivity contribution < 1.29 is 94.2 Å². The van der Waals surface area contributed by atoms with Crippen molar-refractivity contribution >= 4 is 11.9 Å². The van der Waals surface area contributed by atoms with Crippen LogP contribution in [0.4, 0.5) is 0 Å². The number of ether oxygens (including phenoxy) is 6. The molecule has 0 aromatic heterocycles. The number of aliphatic hydroxyl groups is 10. The van der Waals surface area contributed by atoms with E-state index in [-0.39, 0.29) is 6.61 Å². The van der Waals surface area contributed by atoms with Crippen LogP contribution in [0.5, 0.6) is 0 Å². The molecule has 16 atom stereocenters. The molecule has 0 saturated carbocycles. The Morgan fingerprint density at radius 1 is 0.898 bits per heavy atom. The van der Waals surface area contributed by atoms with Crippen LogP contribution >= 0.6 is 0 Å². The van der Waals surface area contributed by atoms with Crippen molar-refractivity contribution in [3.63, 3.8) is 0 Å². The summed E-state index contributed by atoms with van der Waals surface area (Å²) in [6.45, 7) is -1.14. The van der Waals surface area contributed by atoms with Crippen LogP contribution in [0, 0.1) is 0 Å². The van der Waals surface area contributed by atoms with Gasteiger partial charge in [0.2, 0.25) is 5.91 Å². The molecule has 21 heteroatoms. The van der Waals surface area contributed by atoms with Gasteiger partial charge in [-0.15, -0.1) is 0 Å². The first-order valence-electron chi connectivity index (χ1n) is 15.9. The molecule has 0 radical (unpaired) electrons. The number of carboxylic acids is 1. The molecule has 0 spiro atoms. The van der Waals surface area contributed by atoms with E-state index in [4.69, 9.17) is 34.2 Å². The molecule has 3 heterocycles. The Bertz CT molecular complexity index is 1040. The first-order chi connectivity index (χ1) is 23.2. The summed E-state index contributed by atoms with van der Waals surface area (Å²) in [7, 11) is 0. The predicted molar refractivity (Wildman–Crippen MR) is 157 cm³/mol. The highest BCUT2D eigenvalue weighted by molar-refractivity contribution is 5.76. The summed E-state index contributed by atoms with van der Waals surface area (Å²) in [5, 5.41) is 117. The number of hydrogen-bond donors (Lipinski definition) is 13. The summed E-state index contributed by atoms with van der Waals surface area (Å²) in [5.41, 5.74) is 5.47. The first kappa shape index (κ1) is 41.7. The van der Waals surface area contributed by atoms with E-state index in [1.54, 1.807) is 0 Å². The Morgan fingerprint density at radius 2 is 1.55 bits per heavy atom. The highest BCUT2D eigenvalue weighted by atomic mass is 16.8. The number of carbonyl (C=O) groups excluding carboxylic acids is 1. The fraction of sp³-hybridized carbons (Fsp3) is 0.929. The van der Waals surface area contributed by atoms with Crippen LogP contribution in [0.2, 0.25) is 0 Å². The highest BCUT2D eigenvalue weighted by Gasteiger charge is 2.60. The van der Waals surface area contributed by atoms with Crippen LogP contribution in [-0.2, 0) is 38.0 Å². The van der Waals surface area contributed by atoms with E-state index in [0.29, 0.717) is 19.4 Å². The number of carboxylic acid groups (broad SMARTS) is 1. The van der Waals surface area contributed by atoms with Gasteiger partial charge in [0, 0.05) is 20.0 Å². The number of nitrogens with one attached hydrogen (secondary N) is 1. The Kier molecular flexibility index (Phi) is 15.9. The van der Waals surface area contributed by atoms with Gasteiger partial charge < -0.3 is 95.6 Å². The van der Waals surface area contributed by atoms with Gasteiger partial charge in [0.15, 0.2) is 12.6 Å². The van der Waals surface area contributed by atoms with Crippen molar-refractivity contribution in [2.45, 2.75) is 130 Å². The van der Waals surface area contributed by atoms with E-state index in [1.165, 1.54) is 0 Å². The third-order valence-corrected chi connectivity index (χ3v) is 8.58. The average Bonchev–Trinajstić information content (AvgIpc) is 3.06. The maximum absolute atomic E-state index is 12.6. The average molecular weight is 719 g/mol. The quantitative estimate of drug-likeness (QED) is 0.0621. The number of amides is 1. The van der Waals surface area contributed by atoms with Crippen molar-refractivity contribution in [1.82, 2.24) is 5.32 Å². The zero-order valence-electron chi connectivity index (χ0n) is 26.8. The summed E-state index contributed by atoms with van der Waals surface area (Å²) in [5.74, 6) is -5.64. The lowest BCUT2D eigenvalue weighted by Crippen LogP contribution is -2.70. The molecule has 3 fully saturated rings. The Labute approximate surface area is 280 Å². The van der Waals surface area contributed by atoms with Crippen molar-refractivity contribution in [2.24, 2.45) is 5.73 Å². The number of hydrogen-bond acceptors (Lipinski definition) is 19. The highest BCUT2D eigenvalue weighted by Crippen LogP contribution is 2.38. The Hall–Kier alpha value is -1.74. The number of unbranched alkanes of at least 4 members (excludes halogenated alkanes) is 2. The molecular formula is C28H50N2O19. The van der Waals surface area contributed by atoms with Crippen LogP contribution in [0.15, 0.2) is 0 Å².